The van der Waals surface area contributed by atoms with Crippen LogP contribution < -0.4 is 0 Å². The molecule has 3 nitrogen and oxygen atoms in total. The zero-order valence-corrected chi connectivity index (χ0v) is 14.4. The second-order valence-electron chi connectivity index (χ2n) is 5.58. The third kappa shape index (κ3) is 3.82. The predicted molar refractivity (Wildman–Crippen MR) is 96.4 cm³/mol. The largest absolute Gasteiger partial charge is 0.274 e. The van der Waals surface area contributed by atoms with Crippen LogP contribution in [0.4, 0.5) is 0 Å². The lowest BCUT2D eigenvalue weighted by atomic mass is 10.1. The van der Waals surface area contributed by atoms with Crippen LogP contribution in [-0.2, 0) is 6.42 Å². The van der Waals surface area contributed by atoms with E-state index in [1.165, 1.54) is 11.1 Å². The Morgan fingerprint density at radius 3 is 2.57 bits per heavy atom. The summed E-state index contributed by atoms with van der Waals surface area (Å²) in [7, 11) is 0. The van der Waals surface area contributed by atoms with Gasteiger partial charge in [0, 0.05) is 17.9 Å². The van der Waals surface area contributed by atoms with Crippen LogP contribution in [-0.4, -0.2) is 20.5 Å². The quantitative estimate of drug-likeness (QED) is 0.618. The average molecular weight is 323 g/mol. The second-order valence-corrected chi connectivity index (χ2v) is 6.65. The maximum Gasteiger partial charge on any atom is 0.195 e. The molecule has 0 atom stereocenters. The van der Waals surface area contributed by atoms with Crippen molar-refractivity contribution in [2.45, 2.75) is 31.8 Å². The number of aromatic nitrogens is 3. The molecular formula is C19H21N3S. The number of hydrogen-bond donors (Lipinski definition) is 0. The molecule has 1 aromatic heterocycles. The molecule has 2 aromatic carbocycles. The van der Waals surface area contributed by atoms with Gasteiger partial charge in [0.25, 0.3) is 0 Å². The number of benzene rings is 2. The smallest absolute Gasteiger partial charge is 0.195 e. The lowest BCUT2D eigenvalue weighted by Crippen LogP contribution is -2.04. The molecule has 0 N–H and O–H groups in total. The van der Waals surface area contributed by atoms with Crippen molar-refractivity contribution in [1.82, 2.24) is 14.8 Å². The second kappa shape index (κ2) is 7.47. The van der Waals surface area contributed by atoms with Gasteiger partial charge in [-0.05, 0) is 36.6 Å². The molecule has 4 heteroatoms. The van der Waals surface area contributed by atoms with E-state index in [9.17, 15) is 0 Å². The molecule has 0 aliphatic heterocycles. The molecule has 0 unspecified atom stereocenters. The minimum Gasteiger partial charge on any atom is -0.274 e. The van der Waals surface area contributed by atoms with E-state index >= 15 is 0 Å². The number of nitrogens with zero attached hydrogens (tertiary/aromatic N) is 3. The molecule has 0 saturated carbocycles. The first-order valence-corrected chi connectivity index (χ1v) is 8.94. The van der Waals surface area contributed by atoms with Crippen molar-refractivity contribution in [2.24, 2.45) is 0 Å². The molecule has 3 aromatic rings. The van der Waals surface area contributed by atoms with Crippen LogP contribution in [0.2, 0.25) is 0 Å². The monoisotopic (exact) mass is 323 g/mol. The van der Waals surface area contributed by atoms with E-state index in [2.05, 4.69) is 77.1 Å². The number of aryl methyl sites for hydroxylation is 1. The normalized spacial score (nSPS) is 10.9. The zero-order valence-electron chi connectivity index (χ0n) is 13.6. The molecule has 0 spiro atoms. The van der Waals surface area contributed by atoms with Gasteiger partial charge < -0.3 is 0 Å². The molecule has 0 fully saturated rings. The molecule has 23 heavy (non-hydrogen) atoms. The molecule has 0 aliphatic carbocycles. The van der Waals surface area contributed by atoms with E-state index in [0.717, 1.165) is 35.3 Å². The van der Waals surface area contributed by atoms with Crippen molar-refractivity contribution in [3.8, 4) is 5.69 Å². The zero-order chi connectivity index (χ0) is 16.1. The summed E-state index contributed by atoms with van der Waals surface area (Å²) >= 11 is 1.77. The van der Waals surface area contributed by atoms with Crippen LogP contribution >= 0.6 is 11.8 Å². The van der Waals surface area contributed by atoms with E-state index in [-0.39, 0.29) is 0 Å². The Balaban J connectivity index is 2.00. The average Bonchev–Trinajstić information content (AvgIpc) is 2.96. The van der Waals surface area contributed by atoms with Gasteiger partial charge in [0.15, 0.2) is 5.16 Å². The molecule has 118 valence electrons. The lowest BCUT2D eigenvalue weighted by molar-refractivity contribution is 0.845. The Morgan fingerprint density at radius 2 is 1.83 bits per heavy atom. The predicted octanol–water partition coefficient (Wildman–Crippen LogP) is 4.67. The molecule has 0 bridgehead atoms. The molecule has 0 radical (unpaired) electrons. The van der Waals surface area contributed by atoms with Gasteiger partial charge in [-0.3, -0.25) is 4.57 Å². The van der Waals surface area contributed by atoms with E-state index in [1.807, 2.05) is 6.07 Å². The van der Waals surface area contributed by atoms with Gasteiger partial charge >= 0.3 is 0 Å². The van der Waals surface area contributed by atoms with Crippen LogP contribution in [0.25, 0.3) is 5.69 Å². The van der Waals surface area contributed by atoms with Crippen LogP contribution in [0, 0.1) is 6.92 Å². The van der Waals surface area contributed by atoms with Crippen molar-refractivity contribution in [2.75, 3.05) is 5.75 Å². The highest BCUT2D eigenvalue weighted by Gasteiger charge is 2.14. The highest BCUT2D eigenvalue weighted by atomic mass is 32.2. The summed E-state index contributed by atoms with van der Waals surface area (Å²) in [5.41, 5.74) is 3.63. The van der Waals surface area contributed by atoms with Crippen molar-refractivity contribution >= 4 is 11.8 Å². The van der Waals surface area contributed by atoms with Crippen LogP contribution in [0.5, 0.6) is 0 Å². The number of hydrogen-bond acceptors (Lipinski definition) is 3. The molecule has 3 rings (SSSR count). The number of thioether (sulfide) groups is 1. The Morgan fingerprint density at radius 1 is 1.00 bits per heavy atom. The standard InChI is InChI=1S/C19H21N3S/c1-3-12-23-19-21-20-18(14-16-9-5-4-6-10-16)22(19)17-11-7-8-15(2)13-17/h4-11,13H,3,12,14H2,1-2H3. The Bertz CT molecular complexity index is 765. The van der Waals surface area contributed by atoms with Gasteiger partial charge in [-0.2, -0.15) is 0 Å². The van der Waals surface area contributed by atoms with Crippen molar-refractivity contribution in [3.63, 3.8) is 0 Å². The van der Waals surface area contributed by atoms with E-state index in [1.54, 1.807) is 11.8 Å². The van der Waals surface area contributed by atoms with E-state index in [4.69, 9.17) is 0 Å². The Kier molecular flexibility index (Phi) is 5.13. The topological polar surface area (TPSA) is 30.7 Å². The third-order valence-corrected chi connectivity index (χ3v) is 4.74. The summed E-state index contributed by atoms with van der Waals surface area (Å²) in [5.74, 6) is 2.04. The summed E-state index contributed by atoms with van der Waals surface area (Å²) in [6.07, 6.45) is 1.91. The van der Waals surface area contributed by atoms with Gasteiger partial charge in [0.05, 0.1) is 0 Å². The highest BCUT2D eigenvalue weighted by molar-refractivity contribution is 7.99. The van der Waals surface area contributed by atoms with Crippen LogP contribution in [0.15, 0.2) is 59.8 Å². The first-order chi connectivity index (χ1) is 11.3. The maximum atomic E-state index is 4.46. The molecule has 0 aliphatic rings. The highest BCUT2D eigenvalue weighted by Crippen LogP contribution is 2.24. The van der Waals surface area contributed by atoms with Crippen molar-refractivity contribution in [1.29, 1.82) is 0 Å². The van der Waals surface area contributed by atoms with E-state index in [0.29, 0.717) is 0 Å². The minimum atomic E-state index is 0.786. The minimum absolute atomic E-state index is 0.786. The van der Waals surface area contributed by atoms with E-state index < -0.39 is 0 Å². The SMILES string of the molecule is CCCSc1nnc(Cc2ccccc2)n1-c1cccc(C)c1. The van der Waals surface area contributed by atoms with Gasteiger partial charge in [-0.15, -0.1) is 10.2 Å². The summed E-state index contributed by atoms with van der Waals surface area (Å²) < 4.78 is 2.19. The van der Waals surface area contributed by atoms with Crippen molar-refractivity contribution in [3.05, 3.63) is 71.5 Å². The Hall–Kier alpha value is -2.07. The van der Waals surface area contributed by atoms with Gasteiger partial charge in [0.1, 0.15) is 5.82 Å². The van der Waals surface area contributed by atoms with Gasteiger partial charge in [0.2, 0.25) is 0 Å². The fourth-order valence-corrected chi connectivity index (χ4v) is 3.33. The molecule has 0 amide bonds. The summed E-state index contributed by atoms with van der Waals surface area (Å²) in [5, 5.41) is 9.87. The Labute approximate surface area is 141 Å². The lowest BCUT2D eigenvalue weighted by Gasteiger charge is -2.11. The first-order valence-electron chi connectivity index (χ1n) is 7.96. The summed E-state index contributed by atoms with van der Waals surface area (Å²) in [6.45, 7) is 4.30. The van der Waals surface area contributed by atoms with Gasteiger partial charge in [-0.1, -0.05) is 61.2 Å². The van der Waals surface area contributed by atoms with Gasteiger partial charge in [-0.25, -0.2) is 0 Å². The maximum absolute atomic E-state index is 4.46. The van der Waals surface area contributed by atoms with Crippen LogP contribution in [0.1, 0.15) is 30.3 Å². The fraction of sp³-hybridized carbons (Fsp3) is 0.263. The third-order valence-electron chi connectivity index (χ3n) is 3.60. The first kappa shape index (κ1) is 15.8. The van der Waals surface area contributed by atoms with Crippen molar-refractivity contribution < 1.29 is 0 Å². The molecule has 0 saturated heterocycles. The molecule has 1 heterocycles. The van der Waals surface area contributed by atoms with Crippen LogP contribution in [0.3, 0.4) is 0 Å². The molecular weight excluding hydrogens is 302 g/mol. The summed E-state index contributed by atoms with van der Waals surface area (Å²) in [6, 6.07) is 19.0. The number of rotatable bonds is 6. The fourth-order valence-electron chi connectivity index (χ4n) is 2.51. The summed E-state index contributed by atoms with van der Waals surface area (Å²) in [4.78, 5) is 0.